The van der Waals surface area contributed by atoms with Crippen molar-refractivity contribution in [2.24, 2.45) is 12.0 Å². The number of guanidine groups is 1. The predicted octanol–water partition coefficient (Wildman–Crippen LogP) is 2.38. The van der Waals surface area contributed by atoms with Gasteiger partial charge < -0.3 is 15.1 Å². The molecule has 0 spiro atoms. The van der Waals surface area contributed by atoms with Gasteiger partial charge in [0.15, 0.2) is 5.96 Å². The fraction of sp³-hybridized carbons (Fsp3) is 0.476. The summed E-state index contributed by atoms with van der Waals surface area (Å²) < 4.78 is 1.72. The van der Waals surface area contributed by atoms with Crippen molar-refractivity contribution in [2.75, 3.05) is 38.1 Å². The number of piperazine rings is 1. The van der Waals surface area contributed by atoms with Gasteiger partial charge >= 0.3 is 0 Å². The number of rotatable bonds is 4. The summed E-state index contributed by atoms with van der Waals surface area (Å²) in [7, 11) is 3.65. The highest BCUT2D eigenvalue weighted by Crippen LogP contribution is 2.43. The fourth-order valence-electron chi connectivity index (χ4n) is 4.22. The van der Waals surface area contributed by atoms with Crippen LogP contribution in [0.25, 0.3) is 0 Å². The van der Waals surface area contributed by atoms with Crippen LogP contribution in [0.3, 0.4) is 0 Å². The molecule has 1 amide bonds. The van der Waals surface area contributed by atoms with Crippen LogP contribution in [-0.4, -0.2) is 59.8 Å². The number of benzene rings is 1. The number of halogens is 1. The minimum Gasteiger partial charge on any atom is -0.355 e. The molecule has 1 saturated heterocycles. The van der Waals surface area contributed by atoms with Crippen molar-refractivity contribution in [1.82, 2.24) is 20.0 Å². The van der Waals surface area contributed by atoms with E-state index in [1.54, 1.807) is 22.8 Å². The molecule has 1 saturated carbocycles. The third kappa shape index (κ3) is 4.41. The van der Waals surface area contributed by atoms with Crippen molar-refractivity contribution < 1.29 is 4.79 Å². The van der Waals surface area contributed by atoms with Crippen LogP contribution in [0.2, 0.25) is 0 Å². The van der Waals surface area contributed by atoms with Gasteiger partial charge in [-0.1, -0.05) is 36.8 Å². The van der Waals surface area contributed by atoms with Crippen LogP contribution >= 0.6 is 24.0 Å². The Morgan fingerprint density at radius 1 is 1.24 bits per heavy atom. The van der Waals surface area contributed by atoms with Crippen LogP contribution in [-0.2, 0) is 17.3 Å². The highest BCUT2D eigenvalue weighted by atomic mass is 127. The maximum atomic E-state index is 12.7. The molecule has 7 nitrogen and oxygen atoms in total. The molecule has 0 bridgehead atoms. The summed E-state index contributed by atoms with van der Waals surface area (Å²) in [5, 5.41) is 7.72. The summed E-state index contributed by atoms with van der Waals surface area (Å²) in [6, 6.07) is 10.7. The first-order valence-corrected chi connectivity index (χ1v) is 9.91. The molecule has 1 aromatic carbocycles. The number of hydrogen-bond donors (Lipinski definition) is 1. The van der Waals surface area contributed by atoms with Crippen molar-refractivity contribution in [3.63, 3.8) is 0 Å². The number of aryl methyl sites for hydroxylation is 1. The number of anilines is 1. The van der Waals surface area contributed by atoms with Crippen LogP contribution in [0, 0.1) is 0 Å². The standard InChI is InChI=1S/C21H28N6O.HI/c1-22-20(23-16-21(9-6-10-21)17-7-4-3-5-8-17)26-11-12-27(19(28)15-26)18-13-24-25(2)14-18;/h3-5,7-8,13-14H,6,9-12,15-16H2,1-2H3,(H,22,23);1H. The van der Waals surface area contributed by atoms with Gasteiger partial charge in [-0.05, 0) is 18.4 Å². The molecule has 8 heteroatoms. The summed E-state index contributed by atoms with van der Waals surface area (Å²) in [6.45, 7) is 2.56. The van der Waals surface area contributed by atoms with Gasteiger partial charge in [0, 0.05) is 45.3 Å². The van der Waals surface area contributed by atoms with Crippen LogP contribution in [0.1, 0.15) is 24.8 Å². The first-order chi connectivity index (χ1) is 13.6. The Bertz CT molecular complexity index is 861. The third-order valence-electron chi connectivity index (χ3n) is 6.02. The number of aliphatic imine (C=N–C) groups is 1. The molecule has 2 aromatic rings. The van der Waals surface area contributed by atoms with Gasteiger partial charge in [-0.2, -0.15) is 5.10 Å². The van der Waals surface area contributed by atoms with Crippen molar-refractivity contribution in [1.29, 1.82) is 0 Å². The summed E-state index contributed by atoms with van der Waals surface area (Å²) in [5.74, 6) is 0.880. The molecule has 1 aliphatic heterocycles. The normalized spacial score (nSPS) is 18.8. The molecule has 2 fully saturated rings. The Kier molecular flexibility index (Phi) is 6.81. The largest absolute Gasteiger partial charge is 0.355 e. The highest BCUT2D eigenvalue weighted by Gasteiger charge is 2.39. The average molecular weight is 508 g/mol. The quantitative estimate of drug-likeness (QED) is 0.392. The Balaban J connectivity index is 0.00000240. The van der Waals surface area contributed by atoms with Crippen molar-refractivity contribution in [3.8, 4) is 0 Å². The number of carbonyl (C=O) groups excluding carboxylic acids is 1. The zero-order valence-electron chi connectivity index (χ0n) is 17.0. The maximum absolute atomic E-state index is 12.7. The van der Waals surface area contributed by atoms with Gasteiger partial charge in [0.1, 0.15) is 6.54 Å². The number of nitrogens with zero attached hydrogens (tertiary/aromatic N) is 5. The van der Waals surface area contributed by atoms with Crippen LogP contribution in [0.15, 0.2) is 47.7 Å². The molecular weight excluding hydrogens is 479 g/mol. The molecule has 0 unspecified atom stereocenters. The summed E-state index contributed by atoms with van der Waals surface area (Å²) in [5.41, 5.74) is 2.42. The van der Waals surface area contributed by atoms with E-state index in [1.807, 2.05) is 18.1 Å². The third-order valence-corrected chi connectivity index (χ3v) is 6.02. The molecule has 156 valence electrons. The topological polar surface area (TPSA) is 65.8 Å². The first kappa shape index (κ1) is 21.6. The Morgan fingerprint density at radius 3 is 2.55 bits per heavy atom. The fourth-order valence-corrected chi connectivity index (χ4v) is 4.22. The van der Waals surface area contributed by atoms with Crippen molar-refractivity contribution in [3.05, 3.63) is 48.3 Å². The second-order valence-electron chi connectivity index (χ2n) is 7.74. The van der Waals surface area contributed by atoms with E-state index in [2.05, 4.69) is 45.7 Å². The molecule has 4 rings (SSSR count). The van der Waals surface area contributed by atoms with Gasteiger partial charge in [0.05, 0.1) is 11.9 Å². The lowest BCUT2D eigenvalue weighted by Crippen LogP contribution is -2.57. The van der Waals surface area contributed by atoms with E-state index in [1.165, 1.54) is 24.8 Å². The molecule has 1 aliphatic carbocycles. The van der Waals surface area contributed by atoms with E-state index >= 15 is 0 Å². The molecule has 2 heterocycles. The maximum Gasteiger partial charge on any atom is 0.246 e. The lowest BCUT2D eigenvalue weighted by Gasteiger charge is -2.44. The van der Waals surface area contributed by atoms with Gasteiger partial charge in [-0.15, -0.1) is 24.0 Å². The first-order valence-electron chi connectivity index (χ1n) is 9.91. The van der Waals surface area contributed by atoms with E-state index in [0.717, 1.165) is 24.7 Å². The molecule has 29 heavy (non-hydrogen) atoms. The molecule has 0 atom stereocenters. The SMILES string of the molecule is CN=C(NCC1(c2ccccc2)CCC1)N1CCN(c2cnn(C)c2)C(=O)C1.I. The van der Waals surface area contributed by atoms with Crippen molar-refractivity contribution >= 4 is 41.5 Å². The number of nitrogens with one attached hydrogen (secondary N) is 1. The van der Waals surface area contributed by atoms with Crippen LogP contribution in [0.4, 0.5) is 5.69 Å². The highest BCUT2D eigenvalue weighted by molar-refractivity contribution is 14.0. The Hall–Kier alpha value is -2.10. The van der Waals surface area contributed by atoms with E-state index in [4.69, 9.17) is 0 Å². The van der Waals surface area contributed by atoms with E-state index in [0.29, 0.717) is 13.1 Å². The number of carbonyl (C=O) groups is 1. The Morgan fingerprint density at radius 2 is 2.00 bits per heavy atom. The van der Waals surface area contributed by atoms with Crippen LogP contribution in [0.5, 0.6) is 0 Å². The van der Waals surface area contributed by atoms with Crippen LogP contribution < -0.4 is 10.2 Å². The van der Waals surface area contributed by atoms with E-state index in [9.17, 15) is 4.79 Å². The molecular formula is C21H29IN6O. The summed E-state index contributed by atoms with van der Waals surface area (Å²) in [4.78, 5) is 21.0. The lowest BCUT2D eigenvalue weighted by atomic mass is 9.64. The predicted molar refractivity (Wildman–Crippen MR) is 126 cm³/mol. The summed E-state index contributed by atoms with van der Waals surface area (Å²) in [6.07, 6.45) is 7.25. The summed E-state index contributed by atoms with van der Waals surface area (Å²) >= 11 is 0. The van der Waals surface area contributed by atoms with Crippen molar-refractivity contribution in [2.45, 2.75) is 24.7 Å². The molecule has 0 radical (unpaired) electrons. The minimum atomic E-state index is 0. The molecule has 1 N–H and O–H groups in total. The van der Waals surface area contributed by atoms with E-state index in [-0.39, 0.29) is 35.3 Å². The second kappa shape index (κ2) is 9.15. The number of hydrogen-bond acceptors (Lipinski definition) is 3. The van der Waals surface area contributed by atoms with E-state index < -0.39 is 0 Å². The van der Waals surface area contributed by atoms with Gasteiger partial charge in [0.25, 0.3) is 0 Å². The minimum absolute atomic E-state index is 0. The van der Waals surface area contributed by atoms with Gasteiger partial charge in [-0.25, -0.2) is 0 Å². The lowest BCUT2D eigenvalue weighted by molar-refractivity contribution is -0.120. The zero-order chi connectivity index (χ0) is 19.6. The molecule has 2 aliphatic rings. The van der Waals surface area contributed by atoms with Gasteiger partial charge in [-0.3, -0.25) is 14.5 Å². The monoisotopic (exact) mass is 508 g/mol. The number of amides is 1. The van der Waals surface area contributed by atoms with Gasteiger partial charge in [0.2, 0.25) is 5.91 Å². The smallest absolute Gasteiger partial charge is 0.246 e. The second-order valence-corrected chi connectivity index (χ2v) is 7.74. The number of aromatic nitrogens is 2. The zero-order valence-corrected chi connectivity index (χ0v) is 19.4. The Labute approximate surface area is 189 Å². The average Bonchev–Trinajstić information content (AvgIpc) is 3.11. The molecule has 1 aromatic heterocycles.